The van der Waals surface area contributed by atoms with Crippen molar-refractivity contribution >= 4 is 11.5 Å². The van der Waals surface area contributed by atoms with Gasteiger partial charge in [-0.05, 0) is 25.4 Å². The number of rotatable bonds is 2. The van der Waals surface area contributed by atoms with E-state index in [2.05, 4.69) is 9.59 Å². The van der Waals surface area contributed by atoms with Gasteiger partial charge in [-0.3, -0.25) is 0 Å². The van der Waals surface area contributed by atoms with Crippen LogP contribution in [0.3, 0.4) is 0 Å². The first-order valence-electron chi connectivity index (χ1n) is 3.38. The highest BCUT2D eigenvalue weighted by Crippen LogP contribution is 2.14. The van der Waals surface area contributed by atoms with Gasteiger partial charge >= 0.3 is 0 Å². The zero-order valence-corrected chi connectivity index (χ0v) is 7.43. The third-order valence-electron chi connectivity index (χ3n) is 1.22. The third-order valence-corrected chi connectivity index (χ3v) is 1.98. The van der Waals surface area contributed by atoms with E-state index in [1.165, 1.54) is 17.1 Å². The molecule has 0 fully saturated rings. The zero-order valence-electron chi connectivity index (χ0n) is 6.61. The van der Waals surface area contributed by atoms with Crippen LogP contribution in [0.25, 0.3) is 0 Å². The number of hydrogen-bond acceptors (Lipinski definition) is 4. The van der Waals surface area contributed by atoms with Crippen LogP contribution >= 0.6 is 11.5 Å². The van der Waals surface area contributed by atoms with Crippen molar-refractivity contribution in [2.75, 3.05) is 0 Å². The van der Waals surface area contributed by atoms with Gasteiger partial charge in [0.2, 0.25) is 0 Å². The van der Waals surface area contributed by atoms with Gasteiger partial charge in [-0.25, -0.2) is 0 Å². The Balaban J connectivity index is 2.71. The summed E-state index contributed by atoms with van der Waals surface area (Å²) >= 11 is 1.34. The smallest absolute Gasteiger partial charge is 0.0672 e. The fourth-order valence-corrected chi connectivity index (χ4v) is 1.24. The second-order valence-electron chi connectivity index (χ2n) is 2.59. The van der Waals surface area contributed by atoms with E-state index in [0.717, 1.165) is 4.88 Å². The van der Waals surface area contributed by atoms with Crippen LogP contribution in [0.5, 0.6) is 0 Å². The molecule has 0 radical (unpaired) electrons. The van der Waals surface area contributed by atoms with Crippen LogP contribution in [-0.2, 0) is 0 Å². The minimum absolute atomic E-state index is 0.0417. The second-order valence-corrected chi connectivity index (χ2v) is 3.41. The summed E-state index contributed by atoms with van der Waals surface area (Å²) in [6.07, 6.45) is 3.70. The number of nitrogens with two attached hydrogens (primary N) is 1. The van der Waals surface area contributed by atoms with Crippen molar-refractivity contribution in [2.45, 2.75) is 19.9 Å². The topological polar surface area (TPSA) is 51.8 Å². The summed E-state index contributed by atoms with van der Waals surface area (Å²) in [5.74, 6) is 0. The van der Waals surface area contributed by atoms with E-state index in [0.29, 0.717) is 0 Å². The molecule has 1 unspecified atom stereocenters. The monoisotopic (exact) mass is 169 g/mol. The van der Waals surface area contributed by atoms with Crippen molar-refractivity contribution in [3.05, 3.63) is 22.7 Å². The lowest BCUT2D eigenvalue weighted by Crippen LogP contribution is -2.05. The Morgan fingerprint density at radius 1 is 1.73 bits per heavy atom. The Kier molecular flexibility index (Phi) is 2.73. The van der Waals surface area contributed by atoms with Gasteiger partial charge in [-0.1, -0.05) is 16.1 Å². The average molecular weight is 169 g/mol. The molecule has 0 spiro atoms. The van der Waals surface area contributed by atoms with E-state index < -0.39 is 0 Å². The molecule has 1 heterocycles. The van der Waals surface area contributed by atoms with Gasteiger partial charge in [0.15, 0.2) is 0 Å². The molecular weight excluding hydrogens is 158 g/mol. The molecule has 0 bridgehead atoms. The molecule has 11 heavy (non-hydrogen) atoms. The lowest BCUT2D eigenvalue weighted by atomic mass is 10.2. The quantitative estimate of drug-likeness (QED) is 0.683. The van der Waals surface area contributed by atoms with Crippen LogP contribution in [0.2, 0.25) is 0 Å². The second kappa shape index (κ2) is 3.59. The lowest BCUT2D eigenvalue weighted by molar-refractivity contribution is 0.916. The SMILES string of the molecule is CC(C)=CC(N)c1cnns1. The van der Waals surface area contributed by atoms with Gasteiger partial charge in [-0.15, -0.1) is 5.10 Å². The summed E-state index contributed by atoms with van der Waals surface area (Å²) in [6, 6.07) is -0.0417. The molecule has 0 aliphatic rings. The average Bonchev–Trinajstić information content (AvgIpc) is 2.35. The van der Waals surface area contributed by atoms with E-state index in [9.17, 15) is 0 Å². The molecule has 2 N–H and O–H groups in total. The molecule has 1 atom stereocenters. The van der Waals surface area contributed by atoms with Crippen molar-refractivity contribution in [3.8, 4) is 0 Å². The van der Waals surface area contributed by atoms with Gasteiger partial charge in [0, 0.05) is 0 Å². The minimum atomic E-state index is -0.0417. The van der Waals surface area contributed by atoms with E-state index in [4.69, 9.17) is 5.73 Å². The van der Waals surface area contributed by atoms with Crippen LogP contribution in [0.15, 0.2) is 17.8 Å². The molecule has 0 aliphatic heterocycles. The molecule has 0 saturated carbocycles. The van der Waals surface area contributed by atoms with E-state index in [-0.39, 0.29) is 6.04 Å². The molecule has 1 aromatic rings. The first kappa shape index (κ1) is 8.36. The van der Waals surface area contributed by atoms with Crippen LogP contribution in [0.4, 0.5) is 0 Å². The summed E-state index contributed by atoms with van der Waals surface area (Å²) in [6.45, 7) is 4.04. The maximum Gasteiger partial charge on any atom is 0.0672 e. The Morgan fingerprint density at radius 3 is 2.91 bits per heavy atom. The van der Waals surface area contributed by atoms with Gasteiger partial charge in [0.05, 0.1) is 17.1 Å². The standard InChI is InChI=1S/C7H11N3S/c1-5(2)3-6(8)7-4-9-10-11-7/h3-4,6H,8H2,1-2H3. The van der Waals surface area contributed by atoms with Crippen molar-refractivity contribution in [3.63, 3.8) is 0 Å². The summed E-state index contributed by atoms with van der Waals surface area (Å²) < 4.78 is 3.73. The van der Waals surface area contributed by atoms with Crippen LogP contribution in [0, 0.1) is 0 Å². The molecule has 1 rings (SSSR count). The molecule has 3 nitrogen and oxygen atoms in total. The molecule has 0 saturated heterocycles. The maximum atomic E-state index is 5.79. The van der Waals surface area contributed by atoms with Crippen molar-refractivity contribution < 1.29 is 0 Å². The van der Waals surface area contributed by atoms with Crippen molar-refractivity contribution in [1.82, 2.24) is 9.59 Å². The number of allylic oxidation sites excluding steroid dienone is 1. The van der Waals surface area contributed by atoms with Gasteiger partial charge in [0.1, 0.15) is 0 Å². The molecule has 0 amide bonds. The molecule has 4 heteroatoms. The zero-order chi connectivity index (χ0) is 8.27. The molecule has 0 aromatic carbocycles. The van der Waals surface area contributed by atoms with Crippen molar-refractivity contribution in [2.24, 2.45) is 5.73 Å². The normalized spacial score (nSPS) is 12.6. The van der Waals surface area contributed by atoms with Gasteiger partial charge in [0.25, 0.3) is 0 Å². The summed E-state index contributed by atoms with van der Waals surface area (Å²) in [5.41, 5.74) is 7.01. The summed E-state index contributed by atoms with van der Waals surface area (Å²) in [5, 5.41) is 3.71. The van der Waals surface area contributed by atoms with Crippen LogP contribution in [-0.4, -0.2) is 9.59 Å². The number of hydrogen-bond donors (Lipinski definition) is 1. The first-order valence-corrected chi connectivity index (χ1v) is 4.15. The first-order chi connectivity index (χ1) is 5.20. The van der Waals surface area contributed by atoms with E-state index in [1.807, 2.05) is 19.9 Å². The maximum absolute atomic E-state index is 5.79. The summed E-state index contributed by atoms with van der Waals surface area (Å²) in [7, 11) is 0. The predicted molar refractivity (Wildman–Crippen MR) is 46.3 cm³/mol. The minimum Gasteiger partial charge on any atom is -0.320 e. The molecule has 0 aliphatic carbocycles. The van der Waals surface area contributed by atoms with Gasteiger partial charge in [-0.2, -0.15) is 0 Å². The van der Waals surface area contributed by atoms with Crippen molar-refractivity contribution in [1.29, 1.82) is 0 Å². The fraction of sp³-hybridized carbons (Fsp3) is 0.429. The third kappa shape index (κ3) is 2.40. The fourth-order valence-electron chi connectivity index (χ4n) is 0.763. The number of nitrogens with zero attached hydrogens (tertiary/aromatic N) is 2. The highest BCUT2D eigenvalue weighted by molar-refractivity contribution is 7.05. The highest BCUT2D eigenvalue weighted by atomic mass is 32.1. The highest BCUT2D eigenvalue weighted by Gasteiger charge is 2.03. The Morgan fingerprint density at radius 2 is 2.45 bits per heavy atom. The molecule has 1 aromatic heterocycles. The Bertz CT molecular complexity index is 236. The van der Waals surface area contributed by atoms with Crippen LogP contribution in [0.1, 0.15) is 24.8 Å². The van der Waals surface area contributed by atoms with Gasteiger partial charge < -0.3 is 5.73 Å². The number of aromatic nitrogens is 2. The molecular formula is C7H11N3S. The van der Waals surface area contributed by atoms with E-state index >= 15 is 0 Å². The summed E-state index contributed by atoms with van der Waals surface area (Å²) in [4.78, 5) is 1.01. The van der Waals surface area contributed by atoms with Crippen LogP contribution < -0.4 is 5.73 Å². The lowest BCUT2D eigenvalue weighted by Gasteiger charge is -2.00. The predicted octanol–water partition coefficient (Wildman–Crippen LogP) is 1.50. The van der Waals surface area contributed by atoms with E-state index in [1.54, 1.807) is 6.20 Å². The largest absolute Gasteiger partial charge is 0.320 e. The Labute approximate surface area is 70.1 Å². The Hall–Kier alpha value is -0.740. The molecule has 60 valence electrons.